The fourth-order valence-corrected chi connectivity index (χ4v) is 1.54. The lowest BCUT2D eigenvalue weighted by molar-refractivity contribution is -0.148. The SMILES string of the molecule is COC(=O)C1CC(=O)c2ccccc2O1. The smallest absolute Gasteiger partial charge is 0.347 e. The summed E-state index contributed by atoms with van der Waals surface area (Å²) in [5.41, 5.74) is 0.526. The minimum atomic E-state index is -0.808. The average Bonchev–Trinajstić information content (AvgIpc) is 2.28. The van der Waals surface area contributed by atoms with Crippen molar-refractivity contribution in [2.24, 2.45) is 0 Å². The Bertz CT molecular complexity index is 411. The molecule has 0 bridgehead atoms. The van der Waals surface area contributed by atoms with Gasteiger partial charge in [-0.1, -0.05) is 12.1 Å². The van der Waals surface area contributed by atoms with Crippen molar-refractivity contribution in [2.45, 2.75) is 12.5 Å². The second-order valence-electron chi connectivity index (χ2n) is 3.25. The van der Waals surface area contributed by atoms with Gasteiger partial charge in [-0.3, -0.25) is 4.79 Å². The molecule has 1 aliphatic rings. The first-order chi connectivity index (χ1) is 7.22. The Hall–Kier alpha value is -1.84. The molecule has 0 amide bonds. The lowest BCUT2D eigenvalue weighted by Crippen LogP contribution is -2.34. The Labute approximate surface area is 86.8 Å². The van der Waals surface area contributed by atoms with E-state index in [1.807, 2.05) is 0 Å². The molecule has 4 heteroatoms. The Balaban J connectivity index is 2.30. The van der Waals surface area contributed by atoms with Crippen LogP contribution in [0.2, 0.25) is 0 Å². The van der Waals surface area contributed by atoms with Gasteiger partial charge in [-0.25, -0.2) is 4.79 Å². The molecule has 1 heterocycles. The van der Waals surface area contributed by atoms with Crippen molar-refractivity contribution in [3.8, 4) is 5.75 Å². The van der Waals surface area contributed by atoms with E-state index in [-0.39, 0.29) is 12.2 Å². The number of ketones is 1. The molecule has 1 atom stereocenters. The first kappa shape index (κ1) is 9.71. The number of carbonyl (C=O) groups is 2. The molecule has 1 aromatic rings. The van der Waals surface area contributed by atoms with E-state index in [0.29, 0.717) is 11.3 Å². The standard InChI is InChI=1S/C11H10O4/c1-14-11(13)10-6-8(12)7-4-2-3-5-9(7)15-10/h2-5,10H,6H2,1H3. The molecule has 15 heavy (non-hydrogen) atoms. The van der Waals surface area contributed by atoms with E-state index in [1.165, 1.54) is 7.11 Å². The number of fused-ring (bicyclic) bond motifs is 1. The van der Waals surface area contributed by atoms with Crippen LogP contribution in [0, 0.1) is 0 Å². The van der Waals surface area contributed by atoms with Gasteiger partial charge in [0, 0.05) is 0 Å². The summed E-state index contributed by atoms with van der Waals surface area (Å²) in [6, 6.07) is 6.87. The molecule has 4 nitrogen and oxygen atoms in total. The van der Waals surface area contributed by atoms with Crippen molar-refractivity contribution < 1.29 is 19.1 Å². The number of para-hydroxylation sites is 1. The monoisotopic (exact) mass is 206 g/mol. The molecule has 0 aliphatic carbocycles. The highest BCUT2D eigenvalue weighted by molar-refractivity contribution is 6.02. The molecular formula is C11H10O4. The summed E-state index contributed by atoms with van der Waals surface area (Å²) in [7, 11) is 1.27. The molecule has 0 N–H and O–H groups in total. The minimum absolute atomic E-state index is 0.0453. The Morgan fingerprint density at radius 2 is 2.20 bits per heavy atom. The van der Waals surface area contributed by atoms with Gasteiger partial charge in [-0.2, -0.15) is 0 Å². The largest absolute Gasteiger partial charge is 0.477 e. The molecule has 0 saturated heterocycles. The molecule has 1 aromatic carbocycles. The lowest BCUT2D eigenvalue weighted by Gasteiger charge is -2.22. The minimum Gasteiger partial charge on any atom is -0.477 e. The van der Waals surface area contributed by atoms with E-state index in [1.54, 1.807) is 24.3 Å². The number of hydrogen-bond acceptors (Lipinski definition) is 4. The zero-order valence-electron chi connectivity index (χ0n) is 8.23. The Kier molecular flexibility index (Phi) is 2.41. The molecule has 0 spiro atoms. The third kappa shape index (κ3) is 1.70. The van der Waals surface area contributed by atoms with E-state index in [0.717, 1.165) is 0 Å². The summed E-state index contributed by atoms with van der Waals surface area (Å²) in [5, 5.41) is 0. The third-order valence-corrected chi connectivity index (χ3v) is 2.29. The van der Waals surface area contributed by atoms with Crippen molar-refractivity contribution in [1.82, 2.24) is 0 Å². The molecule has 0 aromatic heterocycles. The number of benzene rings is 1. The summed E-state index contributed by atoms with van der Waals surface area (Å²) < 4.78 is 9.90. The van der Waals surface area contributed by atoms with Gasteiger partial charge in [0.2, 0.25) is 6.10 Å². The van der Waals surface area contributed by atoms with Crippen LogP contribution in [0.5, 0.6) is 5.75 Å². The van der Waals surface area contributed by atoms with Crippen molar-refractivity contribution in [2.75, 3.05) is 7.11 Å². The van der Waals surface area contributed by atoms with Gasteiger partial charge >= 0.3 is 5.97 Å². The van der Waals surface area contributed by atoms with E-state index >= 15 is 0 Å². The highest BCUT2D eigenvalue weighted by Crippen LogP contribution is 2.27. The van der Waals surface area contributed by atoms with Crippen LogP contribution in [0.15, 0.2) is 24.3 Å². The number of rotatable bonds is 1. The summed E-state index contributed by atoms with van der Waals surface area (Å²) in [6.07, 6.45) is -0.763. The zero-order chi connectivity index (χ0) is 10.8. The maximum Gasteiger partial charge on any atom is 0.347 e. The maximum absolute atomic E-state index is 11.6. The Morgan fingerprint density at radius 3 is 2.93 bits per heavy atom. The fraction of sp³-hybridized carbons (Fsp3) is 0.273. The number of hydrogen-bond donors (Lipinski definition) is 0. The first-order valence-electron chi connectivity index (χ1n) is 4.59. The highest BCUT2D eigenvalue weighted by atomic mass is 16.6. The summed E-state index contributed by atoms with van der Waals surface area (Å²) in [5.74, 6) is -0.158. The van der Waals surface area contributed by atoms with Crippen molar-refractivity contribution in [3.05, 3.63) is 29.8 Å². The van der Waals surface area contributed by atoms with Crippen molar-refractivity contribution in [3.63, 3.8) is 0 Å². The molecule has 78 valence electrons. The van der Waals surface area contributed by atoms with Crippen LogP contribution in [0.1, 0.15) is 16.8 Å². The molecule has 0 fully saturated rings. The van der Waals surface area contributed by atoms with Crippen LogP contribution in [-0.4, -0.2) is 25.0 Å². The average molecular weight is 206 g/mol. The van der Waals surface area contributed by atoms with Crippen LogP contribution < -0.4 is 4.74 Å². The summed E-state index contributed by atoms with van der Waals surface area (Å²) >= 11 is 0. The number of ether oxygens (including phenoxy) is 2. The van der Waals surface area contributed by atoms with Gasteiger partial charge < -0.3 is 9.47 Å². The Morgan fingerprint density at radius 1 is 1.47 bits per heavy atom. The first-order valence-corrected chi connectivity index (χ1v) is 4.59. The number of Topliss-reactive ketones (excluding diaryl/α,β-unsaturated/α-hetero) is 1. The van der Waals surface area contributed by atoms with Crippen LogP contribution >= 0.6 is 0 Å². The molecule has 1 aliphatic heterocycles. The molecule has 0 radical (unpaired) electrons. The van der Waals surface area contributed by atoms with Crippen LogP contribution in [0.4, 0.5) is 0 Å². The van der Waals surface area contributed by atoms with Crippen LogP contribution in [0.25, 0.3) is 0 Å². The number of carbonyl (C=O) groups excluding carboxylic acids is 2. The summed E-state index contributed by atoms with van der Waals surface area (Å²) in [6.45, 7) is 0. The van der Waals surface area contributed by atoms with Gasteiger partial charge in [0.25, 0.3) is 0 Å². The van der Waals surface area contributed by atoms with Crippen molar-refractivity contribution >= 4 is 11.8 Å². The fourth-order valence-electron chi connectivity index (χ4n) is 1.54. The lowest BCUT2D eigenvalue weighted by atomic mass is 10.0. The van der Waals surface area contributed by atoms with Gasteiger partial charge in [-0.15, -0.1) is 0 Å². The van der Waals surface area contributed by atoms with Crippen LogP contribution in [-0.2, 0) is 9.53 Å². The predicted molar refractivity (Wildman–Crippen MR) is 51.8 cm³/mol. The van der Waals surface area contributed by atoms with Gasteiger partial charge in [0.1, 0.15) is 5.75 Å². The van der Waals surface area contributed by atoms with Gasteiger partial charge in [0.15, 0.2) is 5.78 Å². The van der Waals surface area contributed by atoms with Gasteiger partial charge in [-0.05, 0) is 12.1 Å². The third-order valence-electron chi connectivity index (χ3n) is 2.29. The maximum atomic E-state index is 11.6. The second-order valence-corrected chi connectivity index (χ2v) is 3.25. The van der Waals surface area contributed by atoms with E-state index in [9.17, 15) is 9.59 Å². The van der Waals surface area contributed by atoms with E-state index < -0.39 is 12.1 Å². The second kappa shape index (κ2) is 3.73. The zero-order valence-corrected chi connectivity index (χ0v) is 8.23. The molecule has 1 unspecified atom stereocenters. The molecular weight excluding hydrogens is 196 g/mol. The quantitative estimate of drug-likeness (QED) is 0.648. The highest BCUT2D eigenvalue weighted by Gasteiger charge is 2.31. The normalized spacial score (nSPS) is 19.0. The molecule has 2 rings (SSSR count). The topological polar surface area (TPSA) is 52.6 Å². The molecule has 0 saturated carbocycles. The summed E-state index contributed by atoms with van der Waals surface area (Å²) in [4.78, 5) is 22.9. The van der Waals surface area contributed by atoms with E-state index in [2.05, 4.69) is 4.74 Å². The van der Waals surface area contributed by atoms with E-state index in [4.69, 9.17) is 4.74 Å². The van der Waals surface area contributed by atoms with Gasteiger partial charge in [0.05, 0.1) is 19.1 Å². The van der Waals surface area contributed by atoms with Crippen LogP contribution in [0.3, 0.4) is 0 Å². The number of methoxy groups -OCH3 is 1. The van der Waals surface area contributed by atoms with Crippen molar-refractivity contribution in [1.29, 1.82) is 0 Å². The number of esters is 1. The predicted octanol–water partition coefficient (Wildman–Crippen LogP) is 1.19.